The number of aromatic hydroxyl groups is 1. The Morgan fingerprint density at radius 2 is 2.00 bits per heavy atom. The molecule has 0 bridgehead atoms. The van der Waals surface area contributed by atoms with E-state index in [0.29, 0.717) is 35.6 Å². The van der Waals surface area contributed by atoms with Gasteiger partial charge < -0.3 is 19.9 Å². The van der Waals surface area contributed by atoms with Crippen LogP contribution in [0.2, 0.25) is 0 Å². The van der Waals surface area contributed by atoms with Gasteiger partial charge in [0.05, 0.1) is 19.3 Å². The second-order valence-corrected chi connectivity index (χ2v) is 9.20. The third-order valence-corrected chi connectivity index (χ3v) is 5.98. The maximum absolute atomic E-state index is 13.3. The Morgan fingerprint density at radius 1 is 1.26 bits per heavy atom. The summed E-state index contributed by atoms with van der Waals surface area (Å²) in [5, 5.41) is 13.4. The number of carbonyl (C=O) groups excluding carboxylic acids is 2. The molecule has 1 heterocycles. The maximum atomic E-state index is 13.3. The molecule has 0 radical (unpaired) electrons. The summed E-state index contributed by atoms with van der Waals surface area (Å²) < 4.78 is 10.9. The fourth-order valence-electron chi connectivity index (χ4n) is 4.51. The summed E-state index contributed by atoms with van der Waals surface area (Å²) >= 11 is 0. The molecular formula is C25H33NO5. The first-order chi connectivity index (χ1) is 14.7. The van der Waals surface area contributed by atoms with Crippen molar-refractivity contribution in [3.63, 3.8) is 0 Å². The van der Waals surface area contributed by atoms with Crippen molar-refractivity contribution in [2.75, 3.05) is 13.7 Å². The molecule has 0 spiro atoms. The lowest BCUT2D eigenvalue weighted by Gasteiger charge is -2.39. The molecule has 0 saturated carbocycles. The van der Waals surface area contributed by atoms with Crippen molar-refractivity contribution in [3.8, 4) is 11.5 Å². The highest BCUT2D eigenvalue weighted by Gasteiger charge is 2.43. The molecule has 2 aliphatic rings. The topological polar surface area (TPSA) is 84.9 Å². The number of ether oxygens (including phenoxy) is 2. The highest BCUT2D eigenvalue weighted by atomic mass is 16.5. The number of benzene rings is 1. The van der Waals surface area contributed by atoms with E-state index in [4.69, 9.17) is 9.47 Å². The van der Waals surface area contributed by atoms with Crippen molar-refractivity contribution >= 4 is 11.8 Å². The number of dihydropyridines is 1. The Bertz CT molecular complexity index is 941. The van der Waals surface area contributed by atoms with Crippen molar-refractivity contribution in [1.29, 1.82) is 0 Å². The molecule has 0 fully saturated rings. The van der Waals surface area contributed by atoms with E-state index >= 15 is 0 Å². The number of hydrogen-bond donors (Lipinski definition) is 2. The van der Waals surface area contributed by atoms with Gasteiger partial charge in [-0.3, -0.25) is 4.79 Å². The van der Waals surface area contributed by atoms with E-state index in [1.165, 1.54) is 13.2 Å². The van der Waals surface area contributed by atoms with E-state index in [2.05, 4.69) is 26.1 Å². The number of Topliss-reactive ketones (excluding diaryl/α,β-unsaturated/α-hetero) is 1. The van der Waals surface area contributed by atoms with Gasteiger partial charge in [-0.25, -0.2) is 4.79 Å². The number of nitrogens with one attached hydrogen (secondary N) is 1. The zero-order valence-corrected chi connectivity index (χ0v) is 19.1. The van der Waals surface area contributed by atoms with Crippen molar-refractivity contribution in [1.82, 2.24) is 5.32 Å². The molecule has 1 aliphatic heterocycles. The Hall–Kier alpha value is -2.76. The zero-order chi connectivity index (χ0) is 22.8. The summed E-state index contributed by atoms with van der Waals surface area (Å²) in [4.78, 5) is 26.4. The molecule has 1 aliphatic carbocycles. The fourth-order valence-corrected chi connectivity index (χ4v) is 4.51. The van der Waals surface area contributed by atoms with Gasteiger partial charge in [0.1, 0.15) is 0 Å². The van der Waals surface area contributed by atoms with Crippen LogP contribution < -0.4 is 10.1 Å². The van der Waals surface area contributed by atoms with Crippen LogP contribution in [0, 0.1) is 5.41 Å². The number of allylic oxidation sites excluding steroid dienone is 3. The molecule has 1 aromatic rings. The van der Waals surface area contributed by atoms with E-state index in [0.717, 1.165) is 36.9 Å². The number of unbranched alkanes of at least 4 members (excludes halogenated alkanes) is 2. The molecule has 31 heavy (non-hydrogen) atoms. The molecule has 3 rings (SSSR count). The van der Waals surface area contributed by atoms with Crippen LogP contribution in [-0.4, -0.2) is 30.6 Å². The molecule has 1 aromatic carbocycles. The summed E-state index contributed by atoms with van der Waals surface area (Å²) in [6, 6.07) is 4.97. The lowest BCUT2D eigenvalue weighted by atomic mass is 9.68. The molecular weight excluding hydrogens is 394 g/mol. The van der Waals surface area contributed by atoms with E-state index < -0.39 is 11.9 Å². The number of phenolic OH excluding ortho intramolecular Hbond substituents is 1. The van der Waals surface area contributed by atoms with Crippen LogP contribution in [0.1, 0.15) is 71.3 Å². The first-order valence-electron chi connectivity index (χ1n) is 11.0. The van der Waals surface area contributed by atoms with Gasteiger partial charge in [-0.15, -0.1) is 0 Å². The van der Waals surface area contributed by atoms with Crippen molar-refractivity contribution in [2.45, 2.75) is 65.7 Å². The number of ketones is 1. The molecule has 6 nitrogen and oxygen atoms in total. The number of methoxy groups -OCH3 is 1. The lowest BCUT2D eigenvalue weighted by Crippen LogP contribution is -2.38. The minimum absolute atomic E-state index is 0.00915. The van der Waals surface area contributed by atoms with Crippen LogP contribution in [0.25, 0.3) is 0 Å². The second kappa shape index (κ2) is 9.16. The molecule has 0 saturated heterocycles. The third-order valence-electron chi connectivity index (χ3n) is 5.98. The molecule has 0 amide bonds. The molecule has 1 atom stereocenters. The quantitative estimate of drug-likeness (QED) is 0.483. The van der Waals surface area contributed by atoms with Gasteiger partial charge in [0.25, 0.3) is 0 Å². The summed E-state index contributed by atoms with van der Waals surface area (Å²) in [7, 11) is 1.48. The summed E-state index contributed by atoms with van der Waals surface area (Å²) in [5.74, 6) is -0.639. The van der Waals surface area contributed by atoms with Crippen molar-refractivity contribution in [2.24, 2.45) is 5.41 Å². The minimum Gasteiger partial charge on any atom is -0.504 e. The van der Waals surface area contributed by atoms with E-state index in [1.807, 2.05) is 6.92 Å². The smallest absolute Gasteiger partial charge is 0.336 e. The van der Waals surface area contributed by atoms with Gasteiger partial charge >= 0.3 is 5.97 Å². The average molecular weight is 428 g/mol. The Kier molecular flexibility index (Phi) is 6.77. The summed E-state index contributed by atoms with van der Waals surface area (Å²) in [5.41, 5.74) is 3.17. The largest absolute Gasteiger partial charge is 0.504 e. The first kappa shape index (κ1) is 22.9. The molecule has 2 N–H and O–H groups in total. The predicted molar refractivity (Wildman–Crippen MR) is 119 cm³/mol. The van der Waals surface area contributed by atoms with Gasteiger partial charge in [0.2, 0.25) is 0 Å². The number of carbonyl (C=O) groups is 2. The van der Waals surface area contributed by atoms with Gasteiger partial charge in [-0.05, 0) is 42.9 Å². The molecule has 168 valence electrons. The Balaban J connectivity index is 2.07. The number of esters is 1. The lowest BCUT2D eigenvalue weighted by molar-refractivity contribution is -0.139. The highest BCUT2D eigenvalue weighted by Crippen LogP contribution is 2.47. The third kappa shape index (κ3) is 4.78. The van der Waals surface area contributed by atoms with Crippen LogP contribution in [0.4, 0.5) is 0 Å². The van der Waals surface area contributed by atoms with Crippen LogP contribution in [0.5, 0.6) is 11.5 Å². The fraction of sp³-hybridized carbons (Fsp3) is 0.520. The zero-order valence-electron chi connectivity index (χ0n) is 19.1. The standard InChI is InChI=1S/C25H33NO5/c1-6-7-8-11-31-24(29)21-15(2)26-17-13-25(3,4)14-19(28)23(17)22(21)16-9-10-18(27)20(12-16)30-5/h9-10,12,22,26-27H,6-8,11,13-14H2,1-5H3. The number of phenols is 1. The monoisotopic (exact) mass is 427 g/mol. The van der Waals surface area contributed by atoms with Crippen molar-refractivity contribution in [3.05, 3.63) is 46.3 Å². The van der Waals surface area contributed by atoms with E-state index in [-0.39, 0.29) is 16.9 Å². The maximum Gasteiger partial charge on any atom is 0.336 e. The first-order valence-corrected chi connectivity index (χ1v) is 11.0. The highest BCUT2D eigenvalue weighted by molar-refractivity contribution is 6.04. The van der Waals surface area contributed by atoms with Crippen LogP contribution in [0.3, 0.4) is 0 Å². The van der Waals surface area contributed by atoms with Crippen molar-refractivity contribution < 1.29 is 24.2 Å². The molecule has 0 aromatic heterocycles. The van der Waals surface area contributed by atoms with E-state index in [9.17, 15) is 14.7 Å². The SMILES string of the molecule is CCCCCOC(=O)C1=C(C)NC2=C(C(=O)CC(C)(C)C2)C1c1ccc(O)c(OC)c1. The number of hydrogen-bond acceptors (Lipinski definition) is 6. The second-order valence-electron chi connectivity index (χ2n) is 9.20. The number of rotatable bonds is 7. The molecule has 1 unspecified atom stereocenters. The summed E-state index contributed by atoms with van der Waals surface area (Å²) in [6.45, 7) is 8.44. The predicted octanol–water partition coefficient (Wildman–Crippen LogP) is 4.74. The van der Waals surface area contributed by atoms with Crippen LogP contribution in [-0.2, 0) is 14.3 Å². The van der Waals surface area contributed by atoms with E-state index in [1.54, 1.807) is 12.1 Å². The Morgan fingerprint density at radius 3 is 2.68 bits per heavy atom. The average Bonchev–Trinajstić information content (AvgIpc) is 2.69. The van der Waals surface area contributed by atoms with Gasteiger partial charge in [0, 0.05) is 29.3 Å². The normalized spacial score (nSPS) is 20.3. The van der Waals surface area contributed by atoms with Gasteiger partial charge in [-0.1, -0.05) is 39.7 Å². The summed E-state index contributed by atoms with van der Waals surface area (Å²) in [6.07, 6.45) is 3.97. The Labute approximate surface area is 184 Å². The molecule has 6 heteroatoms. The van der Waals surface area contributed by atoms with Crippen LogP contribution >= 0.6 is 0 Å². The van der Waals surface area contributed by atoms with Gasteiger partial charge in [-0.2, -0.15) is 0 Å². The van der Waals surface area contributed by atoms with Crippen LogP contribution in [0.15, 0.2) is 40.7 Å². The van der Waals surface area contributed by atoms with Gasteiger partial charge in [0.15, 0.2) is 17.3 Å². The minimum atomic E-state index is -0.562.